The first-order valence-corrected chi connectivity index (χ1v) is 6.32. The molecule has 0 bridgehead atoms. The van der Waals surface area contributed by atoms with Gasteiger partial charge in [-0.05, 0) is 32.1 Å². The van der Waals surface area contributed by atoms with Crippen molar-refractivity contribution in [2.24, 2.45) is 11.7 Å². The zero-order valence-electron chi connectivity index (χ0n) is 10.7. The number of carbonyl (C=O) groups is 1. The number of rotatable bonds is 7. The summed E-state index contributed by atoms with van der Waals surface area (Å²) in [5.74, 6) is -0.435. The molecule has 1 rings (SSSR count). The number of hydrogen-bond acceptors (Lipinski definition) is 4. The average molecular weight is 265 g/mol. The maximum Gasteiger partial charge on any atom is 0.326 e. The molecule has 0 amide bonds. The highest BCUT2D eigenvalue weighted by atomic mass is 19.3. The van der Waals surface area contributed by atoms with Gasteiger partial charge < -0.3 is 15.2 Å². The van der Waals surface area contributed by atoms with Gasteiger partial charge in [0.1, 0.15) is 12.1 Å². The Kier molecular flexibility index (Phi) is 5.95. The van der Waals surface area contributed by atoms with E-state index in [0.717, 1.165) is 12.8 Å². The quantitative estimate of drug-likeness (QED) is 0.562. The van der Waals surface area contributed by atoms with Gasteiger partial charge in [-0.25, -0.2) is 8.78 Å². The molecule has 0 aromatic rings. The Labute approximate surface area is 106 Å². The number of halogens is 2. The van der Waals surface area contributed by atoms with E-state index in [-0.39, 0.29) is 18.5 Å². The largest absolute Gasteiger partial charge is 0.465 e. The molecule has 0 spiro atoms. The highest BCUT2D eigenvalue weighted by molar-refractivity contribution is 5.81. The monoisotopic (exact) mass is 265 g/mol. The lowest BCUT2D eigenvalue weighted by molar-refractivity contribution is -0.151. The Morgan fingerprint density at radius 2 is 2.28 bits per heavy atom. The van der Waals surface area contributed by atoms with Crippen LogP contribution in [-0.4, -0.2) is 37.8 Å². The van der Waals surface area contributed by atoms with Crippen molar-refractivity contribution in [3.8, 4) is 0 Å². The second kappa shape index (κ2) is 6.99. The van der Waals surface area contributed by atoms with Crippen LogP contribution in [-0.2, 0) is 14.3 Å². The Morgan fingerprint density at radius 1 is 1.56 bits per heavy atom. The van der Waals surface area contributed by atoms with Crippen LogP contribution < -0.4 is 5.73 Å². The number of ether oxygens (including phenoxy) is 2. The van der Waals surface area contributed by atoms with Gasteiger partial charge in [-0.1, -0.05) is 6.42 Å². The second-order valence-electron chi connectivity index (χ2n) is 4.60. The lowest BCUT2D eigenvalue weighted by Crippen LogP contribution is -2.52. The van der Waals surface area contributed by atoms with E-state index in [0.29, 0.717) is 19.4 Å². The first kappa shape index (κ1) is 15.3. The van der Waals surface area contributed by atoms with Crippen LogP contribution in [0.4, 0.5) is 8.78 Å². The molecule has 0 aromatic carbocycles. The highest BCUT2D eigenvalue weighted by Gasteiger charge is 2.46. The zero-order valence-corrected chi connectivity index (χ0v) is 10.7. The van der Waals surface area contributed by atoms with E-state index in [2.05, 4.69) is 0 Å². The Balaban J connectivity index is 2.41. The van der Waals surface area contributed by atoms with Crippen LogP contribution in [0.25, 0.3) is 0 Å². The van der Waals surface area contributed by atoms with Gasteiger partial charge in [0, 0.05) is 6.61 Å². The molecule has 4 nitrogen and oxygen atoms in total. The molecule has 1 aliphatic carbocycles. The first-order valence-electron chi connectivity index (χ1n) is 6.32. The molecule has 1 saturated carbocycles. The van der Waals surface area contributed by atoms with Crippen molar-refractivity contribution in [1.29, 1.82) is 0 Å². The van der Waals surface area contributed by atoms with Crippen LogP contribution in [0.5, 0.6) is 0 Å². The standard InChI is InChI=1S/C12H21F2NO3/c1-2-18-11(16)12(15)6-3-4-9(12)5-7-17-8-10(13)14/h9-10H,2-8,15H2,1H3. The maximum atomic E-state index is 11.9. The van der Waals surface area contributed by atoms with Crippen molar-refractivity contribution < 1.29 is 23.0 Å². The normalized spacial score (nSPS) is 27.7. The summed E-state index contributed by atoms with van der Waals surface area (Å²) in [5, 5.41) is 0. The van der Waals surface area contributed by atoms with Crippen LogP contribution in [0.1, 0.15) is 32.6 Å². The Hall–Kier alpha value is -0.750. The third kappa shape index (κ3) is 3.88. The summed E-state index contributed by atoms with van der Waals surface area (Å²) < 4.78 is 33.6. The molecule has 0 heterocycles. The first-order chi connectivity index (χ1) is 8.50. The number of nitrogens with two attached hydrogens (primary N) is 1. The van der Waals surface area contributed by atoms with Gasteiger partial charge in [0.15, 0.2) is 0 Å². The summed E-state index contributed by atoms with van der Waals surface area (Å²) in [6.45, 7) is 1.67. The highest BCUT2D eigenvalue weighted by Crippen LogP contribution is 2.37. The molecule has 106 valence electrons. The van der Waals surface area contributed by atoms with E-state index in [4.69, 9.17) is 15.2 Å². The number of hydrogen-bond donors (Lipinski definition) is 1. The molecule has 0 aliphatic heterocycles. The molecular formula is C12H21F2NO3. The van der Waals surface area contributed by atoms with Crippen molar-refractivity contribution in [1.82, 2.24) is 0 Å². The minimum Gasteiger partial charge on any atom is -0.465 e. The number of esters is 1. The van der Waals surface area contributed by atoms with Crippen LogP contribution in [0.15, 0.2) is 0 Å². The van der Waals surface area contributed by atoms with Gasteiger partial charge in [-0.15, -0.1) is 0 Å². The van der Waals surface area contributed by atoms with Gasteiger partial charge in [-0.2, -0.15) is 0 Å². The molecule has 6 heteroatoms. The zero-order chi connectivity index (χ0) is 13.6. The molecule has 1 aliphatic rings. The van der Waals surface area contributed by atoms with Gasteiger partial charge in [0.05, 0.1) is 6.61 Å². The summed E-state index contributed by atoms with van der Waals surface area (Å²) in [6, 6.07) is 0. The van der Waals surface area contributed by atoms with Crippen LogP contribution in [0.2, 0.25) is 0 Å². The predicted octanol–water partition coefficient (Wildman–Crippen LogP) is 1.72. The van der Waals surface area contributed by atoms with Crippen molar-refractivity contribution in [3.05, 3.63) is 0 Å². The number of carbonyl (C=O) groups excluding carboxylic acids is 1. The third-order valence-corrected chi connectivity index (χ3v) is 3.38. The SMILES string of the molecule is CCOC(=O)C1(N)CCCC1CCOCC(F)F. The second-order valence-corrected chi connectivity index (χ2v) is 4.60. The lowest BCUT2D eigenvalue weighted by atomic mass is 9.86. The van der Waals surface area contributed by atoms with Crippen LogP contribution in [0.3, 0.4) is 0 Å². The van der Waals surface area contributed by atoms with Crippen molar-refractivity contribution in [3.63, 3.8) is 0 Å². The smallest absolute Gasteiger partial charge is 0.326 e. The fraction of sp³-hybridized carbons (Fsp3) is 0.917. The van der Waals surface area contributed by atoms with E-state index in [1.54, 1.807) is 6.92 Å². The van der Waals surface area contributed by atoms with Gasteiger partial charge in [-0.3, -0.25) is 4.79 Å². The van der Waals surface area contributed by atoms with Crippen molar-refractivity contribution in [2.75, 3.05) is 19.8 Å². The molecule has 18 heavy (non-hydrogen) atoms. The van der Waals surface area contributed by atoms with E-state index in [9.17, 15) is 13.6 Å². The van der Waals surface area contributed by atoms with E-state index in [1.807, 2.05) is 0 Å². The van der Waals surface area contributed by atoms with E-state index >= 15 is 0 Å². The van der Waals surface area contributed by atoms with Crippen molar-refractivity contribution >= 4 is 5.97 Å². The van der Waals surface area contributed by atoms with Gasteiger partial charge >= 0.3 is 5.97 Å². The molecule has 2 unspecified atom stereocenters. The van der Waals surface area contributed by atoms with Gasteiger partial charge in [0.2, 0.25) is 0 Å². The number of alkyl halides is 2. The van der Waals surface area contributed by atoms with E-state index < -0.39 is 18.6 Å². The van der Waals surface area contributed by atoms with Crippen LogP contribution >= 0.6 is 0 Å². The summed E-state index contributed by atoms with van der Waals surface area (Å²) in [7, 11) is 0. The van der Waals surface area contributed by atoms with Crippen LogP contribution in [0, 0.1) is 5.92 Å². The fourth-order valence-electron chi connectivity index (χ4n) is 2.44. The summed E-state index contributed by atoms with van der Waals surface area (Å²) in [5.41, 5.74) is 5.13. The summed E-state index contributed by atoms with van der Waals surface area (Å²) in [6.07, 6.45) is 0.316. The minimum absolute atomic E-state index is 0.0470. The topological polar surface area (TPSA) is 61.5 Å². The Bertz CT molecular complexity index is 276. The molecule has 2 atom stereocenters. The average Bonchev–Trinajstić information content (AvgIpc) is 2.68. The maximum absolute atomic E-state index is 11.9. The van der Waals surface area contributed by atoms with Gasteiger partial charge in [0.25, 0.3) is 6.43 Å². The molecule has 0 radical (unpaired) electrons. The summed E-state index contributed by atoms with van der Waals surface area (Å²) >= 11 is 0. The minimum atomic E-state index is -2.46. The Morgan fingerprint density at radius 3 is 2.89 bits per heavy atom. The summed E-state index contributed by atoms with van der Waals surface area (Å²) in [4.78, 5) is 11.8. The molecule has 0 saturated heterocycles. The molecule has 2 N–H and O–H groups in total. The fourth-order valence-corrected chi connectivity index (χ4v) is 2.44. The van der Waals surface area contributed by atoms with E-state index in [1.165, 1.54) is 0 Å². The lowest BCUT2D eigenvalue weighted by Gasteiger charge is -2.28. The molecular weight excluding hydrogens is 244 g/mol. The predicted molar refractivity (Wildman–Crippen MR) is 62.3 cm³/mol. The van der Waals surface area contributed by atoms with Crippen molar-refractivity contribution in [2.45, 2.75) is 44.6 Å². The third-order valence-electron chi connectivity index (χ3n) is 3.38. The molecule has 0 aromatic heterocycles. The molecule has 1 fully saturated rings.